The van der Waals surface area contributed by atoms with Gasteiger partial charge in [-0.25, -0.2) is 9.78 Å². The Hall–Kier alpha value is -1.84. The lowest BCUT2D eigenvalue weighted by Crippen LogP contribution is -2.00. The van der Waals surface area contributed by atoms with Gasteiger partial charge in [0.2, 0.25) is 0 Å². The Morgan fingerprint density at radius 2 is 2.46 bits per heavy atom. The zero-order chi connectivity index (χ0) is 9.26. The van der Waals surface area contributed by atoms with Crippen molar-refractivity contribution in [1.82, 2.24) is 9.97 Å². The molecule has 1 radical (unpaired) electrons. The highest BCUT2D eigenvalue weighted by Crippen LogP contribution is 2.11. The van der Waals surface area contributed by atoms with E-state index >= 15 is 0 Å². The third-order valence-corrected chi connectivity index (χ3v) is 1.79. The maximum Gasteiger partial charge on any atom is 0.337 e. The zero-order valence-corrected chi connectivity index (χ0v) is 7.00. The van der Waals surface area contributed by atoms with Gasteiger partial charge in [-0.3, -0.25) is 0 Å². The monoisotopic (exact) mass is 175 g/mol. The van der Waals surface area contributed by atoms with Crippen molar-refractivity contribution in [3.8, 4) is 0 Å². The lowest BCUT2D eigenvalue weighted by molar-refractivity contribution is 0.0601. The molecule has 0 fully saturated rings. The first-order valence-electron chi connectivity index (χ1n) is 3.75. The molecular weight excluding hydrogens is 168 g/mol. The minimum absolute atomic E-state index is 0.357. The van der Waals surface area contributed by atoms with Crippen LogP contribution in [0, 0.1) is 6.33 Å². The lowest BCUT2D eigenvalue weighted by atomic mass is 10.2. The zero-order valence-electron chi connectivity index (χ0n) is 7.00. The number of benzene rings is 1. The summed E-state index contributed by atoms with van der Waals surface area (Å²) in [5.41, 5.74) is 2.06. The average Bonchev–Trinajstić information content (AvgIpc) is 2.63. The first-order valence-corrected chi connectivity index (χ1v) is 3.75. The summed E-state index contributed by atoms with van der Waals surface area (Å²) in [6.45, 7) is 0. The molecule has 0 atom stereocenters. The third kappa shape index (κ3) is 1.26. The predicted octanol–water partition coefficient (Wildman–Crippen LogP) is 1.15. The number of carbonyl (C=O) groups excluding carboxylic acids is 1. The number of esters is 1. The minimum Gasteiger partial charge on any atom is -0.465 e. The smallest absolute Gasteiger partial charge is 0.337 e. The first-order chi connectivity index (χ1) is 6.31. The first kappa shape index (κ1) is 7.79. The summed E-state index contributed by atoms with van der Waals surface area (Å²) in [4.78, 5) is 17.8. The molecule has 0 saturated heterocycles. The number of hydrogen-bond acceptors (Lipinski definition) is 3. The number of H-pyrrole nitrogens is 1. The molecule has 0 bridgehead atoms. The number of nitrogens with one attached hydrogen (secondary N) is 1. The van der Waals surface area contributed by atoms with E-state index in [0.29, 0.717) is 11.1 Å². The van der Waals surface area contributed by atoms with Crippen LogP contribution in [0.5, 0.6) is 0 Å². The van der Waals surface area contributed by atoms with Gasteiger partial charge in [0.15, 0.2) is 6.33 Å². The summed E-state index contributed by atoms with van der Waals surface area (Å²) in [5, 5.41) is 0. The van der Waals surface area contributed by atoms with Crippen molar-refractivity contribution in [2.45, 2.75) is 0 Å². The molecule has 2 rings (SSSR count). The summed E-state index contributed by atoms with van der Waals surface area (Å²) >= 11 is 0. The number of carbonyl (C=O) groups is 1. The van der Waals surface area contributed by atoms with Gasteiger partial charge in [-0.2, -0.15) is 0 Å². The molecule has 4 nitrogen and oxygen atoms in total. The molecule has 0 aliphatic carbocycles. The molecule has 0 amide bonds. The highest BCUT2D eigenvalue weighted by Gasteiger charge is 2.06. The Morgan fingerprint density at radius 3 is 3.23 bits per heavy atom. The SMILES string of the molecule is COC(=O)c1ccc2[nH][c]nc2c1. The fourth-order valence-corrected chi connectivity index (χ4v) is 1.12. The number of nitrogens with zero attached hydrogens (tertiary/aromatic N) is 1. The van der Waals surface area contributed by atoms with Crippen molar-refractivity contribution in [3.63, 3.8) is 0 Å². The van der Waals surface area contributed by atoms with E-state index in [1.54, 1.807) is 18.2 Å². The van der Waals surface area contributed by atoms with Crippen molar-refractivity contribution < 1.29 is 9.53 Å². The second-order valence-electron chi connectivity index (χ2n) is 2.57. The van der Waals surface area contributed by atoms with Crippen LogP contribution in [0.1, 0.15) is 10.4 Å². The molecule has 1 heterocycles. The Morgan fingerprint density at radius 1 is 1.62 bits per heavy atom. The van der Waals surface area contributed by atoms with Crippen molar-refractivity contribution >= 4 is 17.0 Å². The van der Waals surface area contributed by atoms with Crippen LogP contribution in [0.15, 0.2) is 18.2 Å². The molecule has 0 spiro atoms. The van der Waals surface area contributed by atoms with Gasteiger partial charge in [0, 0.05) is 0 Å². The van der Waals surface area contributed by atoms with Crippen molar-refractivity contribution in [1.29, 1.82) is 0 Å². The molecule has 1 N–H and O–H groups in total. The Labute approximate surface area is 74.5 Å². The summed E-state index contributed by atoms with van der Waals surface area (Å²) in [7, 11) is 1.35. The topological polar surface area (TPSA) is 55.0 Å². The van der Waals surface area contributed by atoms with E-state index in [4.69, 9.17) is 0 Å². The molecule has 13 heavy (non-hydrogen) atoms. The van der Waals surface area contributed by atoms with Gasteiger partial charge in [-0.05, 0) is 18.2 Å². The Bertz CT molecular complexity index is 448. The molecule has 0 aliphatic heterocycles. The lowest BCUT2D eigenvalue weighted by Gasteiger charge is -1.97. The normalized spacial score (nSPS) is 10.2. The standard InChI is InChI=1S/C9H7N2O2/c1-13-9(12)6-2-3-7-8(4-6)11-5-10-7/h2-4H,1H3,(H,10,11). The van der Waals surface area contributed by atoms with Crippen LogP contribution in [-0.2, 0) is 4.74 Å². The van der Waals surface area contributed by atoms with Crippen LogP contribution in [-0.4, -0.2) is 23.0 Å². The molecule has 65 valence electrons. The van der Waals surface area contributed by atoms with Gasteiger partial charge in [0.05, 0.1) is 23.7 Å². The fraction of sp³-hybridized carbons (Fsp3) is 0.111. The quantitative estimate of drug-likeness (QED) is 0.661. The number of aromatic nitrogens is 2. The molecule has 4 heteroatoms. The van der Waals surface area contributed by atoms with Crippen molar-refractivity contribution in [2.24, 2.45) is 0 Å². The molecule has 1 aromatic heterocycles. The molecule has 0 unspecified atom stereocenters. The highest BCUT2D eigenvalue weighted by molar-refractivity contribution is 5.93. The van der Waals surface area contributed by atoms with Crippen LogP contribution in [0.25, 0.3) is 11.0 Å². The maximum atomic E-state index is 11.1. The van der Waals surface area contributed by atoms with E-state index in [-0.39, 0.29) is 5.97 Å². The van der Waals surface area contributed by atoms with Gasteiger partial charge in [0.25, 0.3) is 0 Å². The predicted molar refractivity (Wildman–Crippen MR) is 46.3 cm³/mol. The summed E-state index contributed by atoms with van der Waals surface area (Å²) in [6, 6.07) is 5.11. The van der Waals surface area contributed by atoms with Crippen LogP contribution >= 0.6 is 0 Å². The Balaban J connectivity index is 2.54. The molecular formula is C9H7N2O2. The van der Waals surface area contributed by atoms with E-state index in [1.165, 1.54) is 7.11 Å². The fourth-order valence-electron chi connectivity index (χ4n) is 1.12. The second-order valence-corrected chi connectivity index (χ2v) is 2.57. The molecule has 1 aromatic carbocycles. The van der Waals surface area contributed by atoms with Crippen molar-refractivity contribution in [2.75, 3.05) is 7.11 Å². The molecule has 0 saturated carbocycles. The number of methoxy groups -OCH3 is 1. The van der Waals surface area contributed by atoms with Crippen LogP contribution in [0.3, 0.4) is 0 Å². The number of ether oxygens (including phenoxy) is 1. The third-order valence-electron chi connectivity index (χ3n) is 1.79. The largest absolute Gasteiger partial charge is 0.465 e. The van der Waals surface area contributed by atoms with Gasteiger partial charge in [-0.1, -0.05) is 0 Å². The van der Waals surface area contributed by atoms with E-state index in [2.05, 4.69) is 21.0 Å². The van der Waals surface area contributed by atoms with Crippen LogP contribution in [0.2, 0.25) is 0 Å². The number of imidazole rings is 1. The van der Waals surface area contributed by atoms with E-state index in [0.717, 1.165) is 5.52 Å². The van der Waals surface area contributed by atoms with Gasteiger partial charge in [-0.15, -0.1) is 0 Å². The second kappa shape index (κ2) is 2.90. The van der Waals surface area contributed by atoms with E-state index in [1.807, 2.05) is 0 Å². The Kier molecular flexibility index (Phi) is 1.73. The maximum absolute atomic E-state index is 11.1. The number of aromatic amines is 1. The van der Waals surface area contributed by atoms with E-state index in [9.17, 15) is 4.79 Å². The van der Waals surface area contributed by atoms with Gasteiger partial charge in [0.1, 0.15) is 0 Å². The summed E-state index contributed by atoms with van der Waals surface area (Å²) in [6.07, 6.45) is 2.59. The van der Waals surface area contributed by atoms with Gasteiger partial charge >= 0.3 is 5.97 Å². The minimum atomic E-state index is -0.357. The number of rotatable bonds is 1. The average molecular weight is 175 g/mol. The highest BCUT2D eigenvalue weighted by atomic mass is 16.5. The number of hydrogen-bond donors (Lipinski definition) is 1. The summed E-state index contributed by atoms with van der Waals surface area (Å²) < 4.78 is 4.57. The van der Waals surface area contributed by atoms with E-state index < -0.39 is 0 Å². The number of fused-ring (bicyclic) bond motifs is 1. The molecule has 0 aliphatic rings. The molecule has 2 aromatic rings. The van der Waals surface area contributed by atoms with Crippen LogP contribution in [0.4, 0.5) is 0 Å². The van der Waals surface area contributed by atoms with Crippen molar-refractivity contribution in [3.05, 3.63) is 30.1 Å². The van der Waals surface area contributed by atoms with Crippen LogP contribution < -0.4 is 0 Å². The van der Waals surface area contributed by atoms with Gasteiger partial charge < -0.3 is 9.72 Å². The summed E-state index contributed by atoms with van der Waals surface area (Å²) in [5.74, 6) is -0.357.